The highest BCUT2D eigenvalue weighted by Crippen LogP contribution is 2.15. The Bertz CT molecular complexity index is 536. The number of nitrogens with zero attached hydrogens (tertiary/aromatic N) is 2. The van der Waals surface area contributed by atoms with Crippen molar-refractivity contribution in [2.45, 2.75) is 6.92 Å². The fourth-order valence-electron chi connectivity index (χ4n) is 1.37. The van der Waals surface area contributed by atoms with Crippen molar-refractivity contribution in [3.05, 3.63) is 36.0 Å². The molecule has 0 radical (unpaired) electrons. The molecule has 0 spiro atoms. The summed E-state index contributed by atoms with van der Waals surface area (Å²) in [4.78, 5) is 19.8. The molecule has 88 valence electrons. The van der Waals surface area contributed by atoms with Crippen molar-refractivity contribution in [2.75, 3.05) is 17.7 Å². The Kier molecular flexibility index (Phi) is 3.04. The molecule has 0 aliphatic rings. The smallest absolute Gasteiger partial charge is 0.301 e. The second kappa shape index (κ2) is 4.65. The molecule has 6 heteroatoms. The predicted octanol–water partition coefficient (Wildman–Crippen LogP) is 1.67. The number of aryl methyl sites for hydroxylation is 1. The van der Waals surface area contributed by atoms with E-state index in [-0.39, 0.29) is 11.9 Å². The second-order valence-corrected chi connectivity index (χ2v) is 3.42. The minimum Gasteiger partial charge on any atom is -0.432 e. The van der Waals surface area contributed by atoms with Gasteiger partial charge in [0.25, 0.3) is 5.91 Å². The highest BCUT2D eigenvalue weighted by atomic mass is 16.4. The molecule has 0 bridgehead atoms. The highest BCUT2D eigenvalue weighted by molar-refractivity contribution is 6.06. The van der Waals surface area contributed by atoms with Gasteiger partial charge < -0.3 is 9.73 Å². The van der Waals surface area contributed by atoms with Crippen molar-refractivity contribution in [3.63, 3.8) is 0 Å². The minimum absolute atomic E-state index is 0.179. The summed E-state index contributed by atoms with van der Waals surface area (Å²) >= 11 is 0. The Hall–Kier alpha value is -2.37. The Morgan fingerprint density at radius 3 is 2.94 bits per heavy atom. The minimum atomic E-state index is -0.315. The average Bonchev–Trinajstić information content (AvgIpc) is 2.74. The SMILES string of the molecule is CNc1ccncc1C(=O)Nc1nc(C)co1. The third-order valence-corrected chi connectivity index (χ3v) is 2.17. The number of oxazole rings is 1. The number of carbonyl (C=O) groups is 1. The number of hydrogen-bond acceptors (Lipinski definition) is 5. The average molecular weight is 232 g/mol. The van der Waals surface area contributed by atoms with Crippen molar-refractivity contribution >= 4 is 17.6 Å². The van der Waals surface area contributed by atoms with Gasteiger partial charge in [-0.1, -0.05) is 0 Å². The van der Waals surface area contributed by atoms with E-state index in [4.69, 9.17) is 4.42 Å². The third-order valence-electron chi connectivity index (χ3n) is 2.17. The van der Waals surface area contributed by atoms with Crippen molar-refractivity contribution in [1.82, 2.24) is 9.97 Å². The van der Waals surface area contributed by atoms with Crippen LogP contribution in [0.1, 0.15) is 16.1 Å². The molecule has 2 aromatic rings. The molecule has 0 atom stereocenters. The van der Waals surface area contributed by atoms with E-state index in [0.29, 0.717) is 16.9 Å². The van der Waals surface area contributed by atoms with Gasteiger partial charge in [0.2, 0.25) is 0 Å². The Morgan fingerprint density at radius 2 is 2.29 bits per heavy atom. The predicted molar refractivity (Wildman–Crippen MR) is 63.0 cm³/mol. The van der Waals surface area contributed by atoms with Crippen LogP contribution in [0.5, 0.6) is 0 Å². The van der Waals surface area contributed by atoms with E-state index >= 15 is 0 Å². The maximum Gasteiger partial charge on any atom is 0.301 e. The molecule has 0 aliphatic heterocycles. The zero-order valence-corrected chi connectivity index (χ0v) is 9.52. The standard InChI is InChI=1S/C11H12N4O2/c1-7-6-17-11(14-7)15-10(16)8-5-13-4-3-9(8)12-2/h3-6H,1-2H3,(H,12,13)(H,14,15,16). The molecule has 2 aromatic heterocycles. The summed E-state index contributed by atoms with van der Waals surface area (Å²) in [6.45, 7) is 1.78. The van der Waals surface area contributed by atoms with Crippen molar-refractivity contribution in [3.8, 4) is 0 Å². The molecule has 2 heterocycles. The van der Waals surface area contributed by atoms with Crippen LogP contribution in [0.25, 0.3) is 0 Å². The van der Waals surface area contributed by atoms with E-state index in [1.807, 2.05) is 0 Å². The van der Waals surface area contributed by atoms with Gasteiger partial charge in [-0.3, -0.25) is 15.1 Å². The first-order valence-corrected chi connectivity index (χ1v) is 5.06. The summed E-state index contributed by atoms with van der Waals surface area (Å²) in [5, 5.41) is 5.47. The van der Waals surface area contributed by atoms with Gasteiger partial charge in [0.15, 0.2) is 0 Å². The largest absolute Gasteiger partial charge is 0.432 e. The summed E-state index contributed by atoms with van der Waals surface area (Å²) in [5.74, 6) is -0.315. The van der Waals surface area contributed by atoms with Crippen LogP contribution < -0.4 is 10.6 Å². The molecule has 2 rings (SSSR count). The molecule has 1 amide bonds. The lowest BCUT2D eigenvalue weighted by molar-refractivity contribution is 0.102. The fraction of sp³-hybridized carbons (Fsp3) is 0.182. The first-order valence-electron chi connectivity index (χ1n) is 5.06. The fourth-order valence-corrected chi connectivity index (χ4v) is 1.37. The van der Waals surface area contributed by atoms with Crippen LogP contribution in [-0.4, -0.2) is 22.9 Å². The maximum absolute atomic E-state index is 11.9. The zero-order chi connectivity index (χ0) is 12.3. The Balaban J connectivity index is 2.20. The molecule has 0 saturated carbocycles. The first-order chi connectivity index (χ1) is 8.20. The van der Waals surface area contributed by atoms with E-state index in [9.17, 15) is 4.79 Å². The molecule has 2 N–H and O–H groups in total. The number of aromatic nitrogens is 2. The number of anilines is 2. The Labute approximate surface area is 98.1 Å². The van der Waals surface area contributed by atoms with Crippen molar-refractivity contribution in [1.29, 1.82) is 0 Å². The molecule has 0 saturated heterocycles. The summed E-state index contributed by atoms with van der Waals surface area (Å²) in [7, 11) is 1.74. The van der Waals surface area contributed by atoms with Gasteiger partial charge in [-0.25, -0.2) is 0 Å². The monoisotopic (exact) mass is 232 g/mol. The zero-order valence-electron chi connectivity index (χ0n) is 9.52. The maximum atomic E-state index is 11.9. The molecule has 17 heavy (non-hydrogen) atoms. The van der Waals surface area contributed by atoms with Crippen LogP contribution in [0.3, 0.4) is 0 Å². The number of rotatable bonds is 3. The Morgan fingerprint density at radius 1 is 1.47 bits per heavy atom. The number of carbonyl (C=O) groups excluding carboxylic acids is 1. The van der Waals surface area contributed by atoms with Crippen molar-refractivity contribution < 1.29 is 9.21 Å². The number of nitrogens with one attached hydrogen (secondary N) is 2. The number of pyridine rings is 1. The molecule has 0 aliphatic carbocycles. The van der Waals surface area contributed by atoms with Crippen molar-refractivity contribution in [2.24, 2.45) is 0 Å². The molecular weight excluding hydrogens is 220 g/mol. The third kappa shape index (κ3) is 2.41. The van der Waals surface area contributed by atoms with Crippen LogP contribution in [-0.2, 0) is 0 Å². The van der Waals surface area contributed by atoms with Crippen LogP contribution in [0.2, 0.25) is 0 Å². The van der Waals surface area contributed by atoms with Gasteiger partial charge in [-0.05, 0) is 13.0 Å². The lowest BCUT2D eigenvalue weighted by atomic mass is 10.2. The van der Waals surface area contributed by atoms with E-state index in [1.54, 1.807) is 26.2 Å². The lowest BCUT2D eigenvalue weighted by Crippen LogP contribution is -2.14. The van der Waals surface area contributed by atoms with E-state index in [0.717, 1.165) is 0 Å². The van der Waals surface area contributed by atoms with Gasteiger partial charge in [0.1, 0.15) is 6.26 Å². The van der Waals surface area contributed by atoms with Gasteiger partial charge >= 0.3 is 6.01 Å². The summed E-state index contributed by atoms with van der Waals surface area (Å²) in [6, 6.07) is 1.90. The first kappa shape index (κ1) is 11.1. The molecule has 0 fully saturated rings. The summed E-state index contributed by atoms with van der Waals surface area (Å²) in [6.07, 6.45) is 4.56. The molecule has 6 nitrogen and oxygen atoms in total. The topological polar surface area (TPSA) is 80.0 Å². The van der Waals surface area contributed by atoms with Crippen LogP contribution in [0.15, 0.2) is 29.1 Å². The lowest BCUT2D eigenvalue weighted by Gasteiger charge is -2.06. The van der Waals surface area contributed by atoms with Gasteiger partial charge in [-0.15, -0.1) is 0 Å². The van der Waals surface area contributed by atoms with Gasteiger partial charge in [-0.2, -0.15) is 4.98 Å². The quantitative estimate of drug-likeness (QED) is 0.841. The number of amides is 1. The van der Waals surface area contributed by atoms with E-state index in [2.05, 4.69) is 20.6 Å². The van der Waals surface area contributed by atoms with E-state index < -0.39 is 0 Å². The van der Waals surface area contributed by atoms with Crippen LogP contribution >= 0.6 is 0 Å². The van der Waals surface area contributed by atoms with Gasteiger partial charge in [0, 0.05) is 25.1 Å². The molecular formula is C11H12N4O2. The van der Waals surface area contributed by atoms with Crippen LogP contribution in [0, 0.1) is 6.92 Å². The van der Waals surface area contributed by atoms with Gasteiger partial charge in [0.05, 0.1) is 11.3 Å². The van der Waals surface area contributed by atoms with E-state index in [1.165, 1.54) is 12.5 Å². The highest BCUT2D eigenvalue weighted by Gasteiger charge is 2.13. The summed E-state index contributed by atoms with van der Waals surface area (Å²) in [5.41, 5.74) is 1.84. The summed E-state index contributed by atoms with van der Waals surface area (Å²) < 4.78 is 5.05. The normalized spacial score (nSPS) is 10.0. The molecule has 0 aromatic carbocycles. The second-order valence-electron chi connectivity index (χ2n) is 3.42. The van der Waals surface area contributed by atoms with Crippen LogP contribution in [0.4, 0.5) is 11.7 Å². The molecule has 0 unspecified atom stereocenters. The number of hydrogen-bond donors (Lipinski definition) is 2.